The van der Waals surface area contributed by atoms with E-state index in [0.29, 0.717) is 0 Å². The molecule has 148 valence electrons. The number of aromatic nitrogens is 2. The maximum Gasteiger partial charge on any atom is 0.270 e. The van der Waals surface area contributed by atoms with E-state index in [2.05, 4.69) is 20.2 Å². The van der Waals surface area contributed by atoms with Crippen LogP contribution in [0, 0.1) is 18.3 Å². The Bertz CT molecular complexity index is 1210. The molecule has 0 aliphatic carbocycles. The summed E-state index contributed by atoms with van der Waals surface area (Å²) in [5.41, 5.74) is -0.198. The van der Waals surface area contributed by atoms with Crippen LogP contribution in [0.2, 0.25) is 0 Å². The van der Waals surface area contributed by atoms with Crippen LogP contribution in [0.25, 0.3) is 5.76 Å². The molecule has 12 heteroatoms. The molecule has 0 aliphatic heterocycles. The number of nitrogens with zero attached hydrogens (tertiary/aromatic N) is 3. The van der Waals surface area contributed by atoms with Crippen molar-refractivity contribution >= 4 is 43.8 Å². The number of carbonyl (C=O) groups is 1. The summed E-state index contributed by atoms with van der Waals surface area (Å²) < 4.78 is 31.8. The van der Waals surface area contributed by atoms with Crippen LogP contribution in [0.1, 0.15) is 11.3 Å². The molecule has 2 aromatic heterocycles. The van der Waals surface area contributed by atoms with E-state index in [-0.39, 0.29) is 27.0 Å². The number of carbonyl (C=O) groups excluding carboxylic acids is 1. The largest absolute Gasteiger partial charge is 0.506 e. The lowest BCUT2D eigenvalue weighted by Gasteiger charge is -2.08. The predicted octanol–water partition coefficient (Wildman–Crippen LogP) is 2.67. The van der Waals surface area contributed by atoms with Gasteiger partial charge in [0.15, 0.2) is 16.5 Å². The summed E-state index contributed by atoms with van der Waals surface area (Å²) in [6.45, 7) is 1.52. The Labute approximate surface area is 169 Å². The van der Waals surface area contributed by atoms with Crippen molar-refractivity contribution in [2.24, 2.45) is 0 Å². The third kappa shape index (κ3) is 4.42. The molecule has 1 amide bonds. The molecule has 0 atom stereocenters. The van der Waals surface area contributed by atoms with E-state index in [1.54, 1.807) is 11.4 Å². The van der Waals surface area contributed by atoms with Gasteiger partial charge in [0.05, 0.1) is 16.7 Å². The Kier molecular flexibility index (Phi) is 5.62. The van der Waals surface area contributed by atoms with Crippen LogP contribution in [-0.4, -0.2) is 29.6 Å². The van der Waals surface area contributed by atoms with Gasteiger partial charge in [0.25, 0.3) is 15.9 Å². The monoisotopic (exact) mass is 431 g/mol. The average Bonchev–Trinajstić information content (AvgIpc) is 3.33. The summed E-state index contributed by atoms with van der Waals surface area (Å²) in [7, 11) is -3.83. The number of aliphatic hydroxyl groups excluding tert-OH is 1. The van der Waals surface area contributed by atoms with Crippen molar-refractivity contribution in [1.29, 1.82) is 5.26 Å². The smallest absolute Gasteiger partial charge is 0.270 e. The van der Waals surface area contributed by atoms with Gasteiger partial charge >= 0.3 is 0 Å². The van der Waals surface area contributed by atoms with E-state index < -0.39 is 27.3 Å². The summed E-state index contributed by atoms with van der Waals surface area (Å²) in [5, 5.41) is 27.2. The van der Waals surface area contributed by atoms with Crippen LogP contribution in [0.5, 0.6) is 0 Å². The number of amides is 1. The third-order valence-electron chi connectivity index (χ3n) is 3.66. The number of benzene rings is 1. The van der Waals surface area contributed by atoms with E-state index in [1.807, 2.05) is 0 Å². The second kappa shape index (κ2) is 8.13. The van der Waals surface area contributed by atoms with Crippen molar-refractivity contribution in [3.05, 3.63) is 58.9 Å². The molecule has 0 spiro atoms. The number of hydrogen-bond acceptors (Lipinski definition) is 9. The topological polar surface area (TPSA) is 158 Å². The van der Waals surface area contributed by atoms with Crippen LogP contribution in [0.4, 0.5) is 10.8 Å². The lowest BCUT2D eigenvalue weighted by molar-refractivity contribution is -0.112. The standard InChI is InChI=1S/C17H13N5O5S2/c1-10-14(9-20-27-10)15(23)13(8-18)16(24)21-11-2-4-12(5-3-11)29(25,26)22-17-19-6-7-28-17/h2-7,9,23H,1H3,(H,19,22)(H,21,24)/b15-13-. The normalized spacial score (nSPS) is 12.0. The fourth-order valence-electron chi connectivity index (χ4n) is 2.23. The molecule has 0 unspecified atom stereocenters. The molecule has 0 saturated heterocycles. The van der Waals surface area contributed by atoms with E-state index in [1.165, 1.54) is 43.6 Å². The van der Waals surface area contributed by atoms with Crippen LogP contribution in [-0.2, 0) is 14.8 Å². The van der Waals surface area contributed by atoms with Crippen LogP contribution in [0.3, 0.4) is 0 Å². The number of aryl methyl sites for hydroxylation is 1. The van der Waals surface area contributed by atoms with Crippen LogP contribution >= 0.6 is 11.3 Å². The quantitative estimate of drug-likeness (QED) is 0.305. The van der Waals surface area contributed by atoms with Crippen LogP contribution < -0.4 is 10.0 Å². The fourth-order valence-corrected chi connectivity index (χ4v) is 4.02. The van der Waals surface area contributed by atoms with Gasteiger partial charge in [0.2, 0.25) is 0 Å². The minimum Gasteiger partial charge on any atom is -0.506 e. The summed E-state index contributed by atoms with van der Waals surface area (Å²) in [6, 6.07) is 6.90. The Morgan fingerprint density at radius 3 is 2.59 bits per heavy atom. The zero-order valence-corrected chi connectivity index (χ0v) is 16.4. The summed E-state index contributed by atoms with van der Waals surface area (Å²) in [6.07, 6.45) is 2.66. The minimum absolute atomic E-state index is 0.0373. The number of hydrogen-bond donors (Lipinski definition) is 3. The van der Waals surface area contributed by atoms with Crippen molar-refractivity contribution in [3.8, 4) is 6.07 Å². The zero-order valence-electron chi connectivity index (χ0n) is 14.8. The third-order valence-corrected chi connectivity index (χ3v) is 5.83. The predicted molar refractivity (Wildman–Crippen MR) is 104 cm³/mol. The van der Waals surface area contributed by atoms with Gasteiger partial charge in [-0.05, 0) is 31.2 Å². The highest BCUT2D eigenvalue weighted by Gasteiger charge is 2.20. The average molecular weight is 431 g/mol. The van der Waals surface area contributed by atoms with E-state index >= 15 is 0 Å². The molecule has 0 saturated carbocycles. The number of anilines is 2. The second-order valence-electron chi connectivity index (χ2n) is 5.55. The molecule has 0 bridgehead atoms. The highest BCUT2D eigenvalue weighted by Crippen LogP contribution is 2.22. The maximum absolute atomic E-state index is 12.3. The van der Waals surface area contributed by atoms with Gasteiger partial charge in [-0.3, -0.25) is 9.52 Å². The summed E-state index contributed by atoms with van der Waals surface area (Å²) in [4.78, 5) is 16.2. The lowest BCUT2D eigenvalue weighted by Crippen LogP contribution is -2.16. The Balaban J connectivity index is 1.78. The Morgan fingerprint density at radius 1 is 1.31 bits per heavy atom. The number of thiazole rings is 1. The molecular weight excluding hydrogens is 418 g/mol. The second-order valence-corrected chi connectivity index (χ2v) is 8.13. The van der Waals surface area contributed by atoms with Gasteiger partial charge in [0, 0.05) is 17.3 Å². The SMILES string of the molecule is Cc1oncc1/C(O)=C(\C#N)C(=O)Nc1ccc(S(=O)(=O)Nc2nccs2)cc1. The molecule has 29 heavy (non-hydrogen) atoms. The van der Waals surface area contributed by atoms with Crippen molar-refractivity contribution in [1.82, 2.24) is 10.1 Å². The van der Waals surface area contributed by atoms with E-state index in [9.17, 15) is 23.6 Å². The van der Waals surface area contributed by atoms with Crippen molar-refractivity contribution in [3.63, 3.8) is 0 Å². The number of rotatable bonds is 6. The van der Waals surface area contributed by atoms with Gasteiger partial charge in [-0.2, -0.15) is 5.26 Å². The highest BCUT2D eigenvalue weighted by atomic mass is 32.2. The van der Waals surface area contributed by atoms with E-state index in [4.69, 9.17) is 4.52 Å². The van der Waals surface area contributed by atoms with Crippen LogP contribution in [0.15, 0.2) is 57.0 Å². The number of nitriles is 1. The van der Waals surface area contributed by atoms with E-state index in [0.717, 1.165) is 11.3 Å². The molecule has 3 aromatic rings. The fraction of sp³-hybridized carbons (Fsp3) is 0.0588. The Hall–Kier alpha value is -3.69. The molecule has 10 nitrogen and oxygen atoms in total. The van der Waals surface area contributed by atoms with Gasteiger partial charge in [-0.25, -0.2) is 13.4 Å². The first-order chi connectivity index (χ1) is 13.8. The minimum atomic E-state index is -3.83. The molecule has 3 N–H and O–H groups in total. The molecule has 0 radical (unpaired) electrons. The Morgan fingerprint density at radius 2 is 2.03 bits per heavy atom. The highest BCUT2D eigenvalue weighted by molar-refractivity contribution is 7.93. The number of sulfonamides is 1. The molecule has 0 fully saturated rings. The molecule has 1 aromatic carbocycles. The summed E-state index contributed by atoms with van der Waals surface area (Å²) in [5.74, 6) is -1.21. The number of aliphatic hydroxyl groups is 1. The lowest BCUT2D eigenvalue weighted by atomic mass is 10.1. The number of nitrogens with one attached hydrogen (secondary N) is 2. The van der Waals surface area contributed by atoms with Gasteiger partial charge in [-0.1, -0.05) is 5.16 Å². The molecule has 0 aliphatic rings. The van der Waals surface area contributed by atoms with Gasteiger partial charge in [0.1, 0.15) is 11.8 Å². The van der Waals surface area contributed by atoms with Crippen molar-refractivity contribution in [2.75, 3.05) is 10.0 Å². The van der Waals surface area contributed by atoms with Crippen molar-refractivity contribution < 1.29 is 22.8 Å². The first-order valence-electron chi connectivity index (χ1n) is 7.90. The molecule has 2 heterocycles. The maximum atomic E-state index is 12.3. The first kappa shape index (κ1) is 20.1. The van der Waals surface area contributed by atoms with Crippen molar-refractivity contribution in [2.45, 2.75) is 11.8 Å². The molecular formula is C17H13N5O5S2. The summed E-state index contributed by atoms with van der Waals surface area (Å²) >= 11 is 1.14. The van der Waals surface area contributed by atoms with Gasteiger partial charge < -0.3 is 14.9 Å². The first-order valence-corrected chi connectivity index (χ1v) is 10.3. The zero-order chi connectivity index (χ0) is 21.0. The molecule has 3 rings (SSSR count). The van der Waals surface area contributed by atoms with Gasteiger partial charge in [-0.15, -0.1) is 11.3 Å².